The smallest absolute Gasteiger partial charge is 0.379 e. The molecule has 6 nitrogen and oxygen atoms in total. The van der Waals surface area contributed by atoms with E-state index in [9.17, 15) is 18.0 Å². The van der Waals surface area contributed by atoms with Gasteiger partial charge in [0.15, 0.2) is 0 Å². The average molecular weight is 457 g/mol. The van der Waals surface area contributed by atoms with Gasteiger partial charge in [-0.3, -0.25) is 14.4 Å². The van der Waals surface area contributed by atoms with E-state index in [-0.39, 0.29) is 18.5 Å². The number of ether oxygens (including phenoxy) is 1. The van der Waals surface area contributed by atoms with Crippen molar-refractivity contribution in [3.05, 3.63) is 57.9 Å². The largest absolute Gasteiger partial charge is 0.416 e. The molecule has 1 aromatic carbocycles. The van der Waals surface area contributed by atoms with Crippen molar-refractivity contribution in [1.82, 2.24) is 20.0 Å². The second kappa shape index (κ2) is 9.84. The molecule has 31 heavy (non-hydrogen) atoms. The second-order valence-electron chi connectivity index (χ2n) is 7.28. The topological polar surface area (TPSA) is 59.4 Å². The van der Waals surface area contributed by atoms with Crippen molar-refractivity contribution in [2.75, 3.05) is 32.8 Å². The lowest BCUT2D eigenvalue weighted by Gasteiger charge is -2.35. The predicted octanol–water partition coefficient (Wildman–Crippen LogP) is 3.60. The number of halogens is 4. The van der Waals surface area contributed by atoms with Gasteiger partial charge in [-0.2, -0.15) is 18.3 Å². The van der Waals surface area contributed by atoms with Gasteiger partial charge < -0.3 is 10.1 Å². The van der Waals surface area contributed by atoms with Crippen LogP contribution < -0.4 is 5.32 Å². The fourth-order valence-corrected chi connectivity index (χ4v) is 3.73. The Kier molecular flexibility index (Phi) is 7.40. The maximum absolute atomic E-state index is 12.9. The third kappa shape index (κ3) is 5.87. The predicted molar refractivity (Wildman–Crippen MR) is 112 cm³/mol. The molecule has 3 rings (SSSR count). The van der Waals surface area contributed by atoms with Crippen molar-refractivity contribution >= 4 is 23.6 Å². The first kappa shape index (κ1) is 23.3. The Morgan fingerprint density at radius 3 is 2.48 bits per heavy atom. The van der Waals surface area contributed by atoms with Crippen LogP contribution >= 0.6 is 11.6 Å². The maximum Gasteiger partial charge on any atom is 0.416 e. The maximum atomic E-state index is 12.9. The minimum Gasteiger partial charge on any atom is -0.379 e. The van der Waals surface area contributed by atoms with E-state index in [1.54, 1.807) is 20.0 Å². The molecule has 1 N–H and O–H groups in total. The number of aromatic nitrogens is 2. The molecule has 0 bridgehead atoms. The number of rotatable bonds is 6. The van der Waals surface area contributed by atoms with Gasteiger partial charge in [0.1, 0.15) is 5.15 Å². The van der Waals surface area contributed by atoms with Crippen LogP contribution in [0.2, 0.25) is 5.15 Å². The summed E-state index contributed by atoms with van der Waals surface area (Å²) in [6, 6.07) is 4.79. The molecule has 1 saturated heterocycles. The summed E-state index contributed by atoms with van der Waals surface area (Å²) in [7, 11) is 1.71. The number of amides is 1. The fraction of sp³-hybridized carbons (Fsp3) is 0.429. The third-order valence-corrected chi connectivity index (χ3v) is 5.62. The molecule has 2 aromatic rings. The van der Waals surface area contributed by atoms with Gasteiger partial charge in [0.05, 0.1) is 30.5 Å². The number of benzene rings is 1. The number of alkyl halides is 3. The Morgan fingerprint density at radius 1 is 1.29 bits per heavy atom. The molecular weight excluding hydrogens is 433 g/mol. The summed E-state index contributed by atoms with van der Waals surface area (Å²) in [6.07, 6.45) is -1.42. The van der Waals surface area contributed by atoms with Crippen molar-refractivity contribution in [1.29, 1.82) is 0 Å². The Morgan fingerprint density at radius 2 is 1.94 bits per heavy atom. The molecule has 1 amide bonds. The Balaban J connectivity index is 1.71. The summed E-state index contributed by atoms with van der Waals surface area (Å²) >= 11 is 6.17. The molecule has 1 aliphatic heterocycles. The van der Waals surface area contributed by atoms with Crippen LogP contribution in [0, 0.1) is 6.92 Å². The van der Waals surface area contributed by atoms with Crippen molar-refractivity contribution in [3.63, 3.8) is 0 Å². The number of hydrogen-bond donors (Lipinski definition) is 1. The first-order valence-electron chi connectivity index (χ1n) is 9.81. The first-order chi connectivity index (χ1) is 14.7. The van der Waals surface area contributed by atoms with Crippen LogP contribution in [-0.2, 0) is 22.8 Å². The van der Waals surface area contributed by atoms with Crippen LogP contribution in [0.25, 0.3) is 6.08 Å². The van der Waals surface area contributed by atoms with E-state index in [1.807, 2.05) is 0 Å². The summed E-state index contributed by atoms with van der Waals surface area (Å²) in [5, 5.41) is 7.46. The lowest BCUT2D eigenvalue weighted by Crippen LogP contribution is -2.43. The number of nitrogens with zero attached hydrogens (tertiary/aromatic N) is 3. The number of carbonyl (C=O) groups is 1. The molecule has 1 fully saturated rings. The van der Waals surface area contributed by atoms with E-state index in [0.717, 1.165) is 12.1 Å². The van der Waals surface area contributed by atoms with Crippen molar-refractivity contribution in [2.24, 2.45) is 7.05 Å². The molecule has 1 aromatic heterocycles. The highest BCUT2D eigenvalue weighted by molar-refractivity contribution is 6.31. The zero-order valence-electron chi connectivity index (χ0n) is 17.2. The SMILES string of the molecule is Cc1nn(C)c(Cl)c1/C=C\C(=O)NC[C@H](c1ccc(C(F)(F)F)cc1)N1CCOCC1. The first-order valence-corrected chi connectivity index (χ1v) is 10.2. The number of morpholine rings is 1. The average Bonchev–Trinajstić information content (AvgIpc) is 2.98. The van der Waals surface area contributed by atoms with E-state index >= 15 is 0 Å². The van der Waals surface area contributed by atoms with E-state index in [0.29, 0.717) is 48.3 Å². The number of hydrogen-bond acceptors (Lipinski definition) is 4. The van der Waals surface area contributed by atoms with E-state index in [2.05, 4.69) is 15.3 Å². The summed E-state index contributed by atoms with van der Waals surface area (Å²) in [5.41, 5.74) is 1.36. The van der Waals surface area contributed by atoms with Gasteiger partial charge in [-0.05, 0) is 30.7 Å². The molecule has 0 saturated carbocycles. The van der Waals surface area contributed by atoms with Crippen molar-refractivity contribution in [3.8, 4) is 0 Å². The molecule has 0 aliphatic carbocycles. The zero-order valence-corrected chi connectivity index (χ0v) is 18.0. The molecule has 0 unspecified atom stereocenters. The quantitative estimate of drug-likeness (QED) is 0.675. The Bertz CT molecular complexity index is 935. The van der Waals surface area contributed by atoms with Crippen LogP contribution in [0.4, 0.5) is 13.2 Å². The molecular formula is C21H24ClF3N4O2. The summed E-state index contributed by atoms with van der Waals surface area (Å²) < 4.78 is 45.6. The fourth-order valence-electron chi connectivity index (χ4n) is 3.49. The summed E-state index contributed by atoms with van der Waals surface area (Å²) in [4.78, 5) is 14.5. The normalized spacial score (nSPS) is 16.6. The van der Waals surface area contributed by atoms with E-state index < -0.39 is 11.7 Å². The highest BCUT2D eigenvalue weighted by atomic mass is 35.5. The number of nitrogens with one attached hydrogen (secondary N) is 1. The van der Waals surface area contributed by atoms with Gasteiger partial charge in [0.2, 0.25) is 5.91 Å². The monoisotopic (exact) mass is 456 g/mol. The molecule has 0 spiro atoms. The van der Waals surface area contributed by atoms with Gasteiger partial charge in [-0.1, -0.05) is 23.7 Å². The molecule has 1 atom stereocenters. The second-order valence-corrected chi connectivity index (χ2v) is 7.63. The molecule has 2 heterocycles. The van der Waals surface area contributed by atoms with Crippen LogP contribution in [0.5, 0.6) is 0 Å². The molecule has 0 radical (unpaired) electrons. The van der Waals surface area contributed by atoms with E-state index in [1.165, 1.54) is 22.9 Å². The number of aryl methyl sites for hydroxylation is 2. The van der Waals surface area contributed by atoms with Crippen LogP contribution in [0.15, 0.2) is 30.3 Å². The standard InChI is InChI=1S/C21H24ClF3N4O2/c1-14-17(20(22)28(2)27-14)7-8-19(30)26-13-18(29-9-11-31-12-10-29)15-3-5-16(6-4-15)21(23,24)25/h3-8,18H,9-13H2,1-2H3,(H,26,30)/b8-7-/t18-/m1/s1. The summed E-state index contributed by atoms with van der Waals surface area (Å²) in [5.74, 6) is -0.329. The van der Waals surface area contributed by atoms with Crippen LogP contribution in [0.1, 0.15) is 28.4 Å². The zero-order chi connectivity index (χ0) is 22.6. The molecule has 10 heteroatoms. The van der Waals surface area contributed by atoms with E-state index in [4.69, 9.17) is 16.3 Å². The minimum absolute atomic E-state index is 0.244. The van der Waals surface area contributed by atoms with Crippen molar-refractivity contribution in [2.45, 2.75) is 19.1 Å². The molecule has 1 aliphatic rings. The number of carbonyl (C=O) groups excluding carboxylic acids is 1. The minimum atomic E-state index is -4.39. The summed E-state index contributed by atoms with van der Waals surface area (Å²) in [6.45, 7) is 4.36. The van der Waals surface area contributed by atoms with Gasteiger partial charge in [0, 0.05) is 38.3 Å². The highest BCUT2D eigenvalue weighted by Crippen LogP contribution is 2.31. The van der Waals surface area contributed by atoms with Crippen molar-refractivity contribution < 1.29 is 22.7 Å². The van der Waals surface area contributed by atoms with Crippen LogP contribution in [-0.4, -0.2) is 53.4 Å². The van der Waals surface area contributed by atoms with Gasteiger partial charge >= 0.3 is 6.18 Å². The third-order valence-electron chi connectivity index (χ3n) is 5.18. The van der Waals surface area contributed by atoms with Gasteiger partial charge in [-0.15, -0.1) is 0 Å². The Hall–Kier alpha value is -2.36. The van der Waals surface area contributed by atoms with Crippen LogP contribution in [0.3, 0.4) is 0 Å². The lowest BCUT2D eigenvalue weighted by atomic mass is 10.0. The van der Waals surface area contributed by atoms with Gasteiger partial charge in [-0.25, -0.2) is 0 Å². The van der Waals surface area contributed by atoms with Gasteiger partial charge in [0.25, 0.3) is 0 Å². The Labute approximate surface area is 183 Å². The highest BCUT2D eigenvalue weighted by Gasteiger charge is 2.31. The molecule has 168 valence electrons. The lowest BCUT2D eigenvalue weighted by molar-refractivity contribution is -0.137.